The first-order chi connectivity index (χ1) is 8.70. The van der Waals surface area contributed by atoms with Crippen molar-refractivity contribution in [2.45, 2.75) is 39.7 Å². The van der Waals surface area contributed by atoms with Crippen LogP contribution in [-0.4, -0.2) is 30.7 Å². The Morgan fingerprint density at radius 3 is 2.94 bits per heavy atom. The van der Waals surface area contributed by atoms with E-state index in [1.54, 1.807) is 0 Å². The van der Waals surface area contributed by atoms with Crippen LogP contribution in [0, 0.1) is 12.8 Å². The Morgan fingerprint density at radius 1 is 1.44 bits per heavy atom. The van der Waals surface area contributed by atoms with E-state index in [2.05, 4.69) is 42.0 Å². The summed E-state index contributed by atoms with van der Waals surface area (Å²) in [6.07, 6.45) is 6.35. The molecule has 1 fully saturated rings. The van der Waals surface area contributed by atoms with Crippen molar-refractivity contribution < 1.29 is 0 Å². The highest BCUT2D eigenvalue weighted by Crippen LogP contribution is 2.23. The molecular formula is C15H25N3. The van der Waals surface area contributed by atoms with Crippen LogP contribution in [0.5, 0.6) is 0 Å². The number of piperidine rings is 1. The molecule has 1 aliphatic heterocycles. The second kappa shape index (κ2) is 6.19. The van der Waals surface area contributed by atoms with Crippen LogP contribution in [0.4, 0.5) is 5.69 Å². The van der Waals surface area contributed by atoms with Crippen LogP contribution in [-0.2, 0) is 0 Å². The molecule has 0 aliphatic carbocycles. The van der Waals surface area contributed by atoms with Gasteiger partial charge in [0.05, 0.1) is 11.9 Å². The van der Waals surface area contributed by atoms with Crippen molar-refractivity contribution >= 4 is 5.69 Å². The molecule has 3 nitrogen and oxygen atoms in total. The lowest BCUT2D eigenvalue weighted by molar-refractivity contribution is 0.322. The molecule has 2 heterocycles. The van der Waals surface area contributed by atoms with E-state index in [1.807, 2.05) is 12.4 Å². The summed E-state index contributed by atoms with van der Waals surface area (Å²) < 4.78 is 0. The molecule has 2 unspecified atom stereocenters. The summed E-state index contributed by atoms with van der Waals surface area (Å²) >= 11 is 0. The molecule has 3 heteroatoms. The Hall–Kier alpha value is -1.09. The third-order valence-electron chi connectivity index (χ3n) is 3.79. The molecule has 1 aliphatic rings. The van der Waals surface area contributed by atoms with Gasteiger partial charge in [0.25, 0.3) is 0 Å². The largest absolute Gasteiger partial charge is 0.370 e. The van der Waals surface area contributed by atoms with Crippen LogP contribution < -0.4 is 10.2 Å². The van der Waals surface area contributed by atoms with Crippen molar-refractivity contribution in [3.63, 3.8) is 0 Å². The SMILES string of the molecule is CCCNC1CCN(c2cncc(C)c2)CC1C. The lowest BCUT2D eigenvalue weighted by Gasteiger charge is -2.38. The number of rotatable bonds is 4. The monoisotopic (exact) mass is 247 g/mol. The van der Waals surface area contributed by atoms with Gasteiger partial charge >= 0.3 is 0 Å². The average Bonchev–Trinajstić information content (AvgIpc) is 2.37. The van der Waals surface area contributed by atoms with Gasteiger partial charge in [-0.25, -0.2) is 0 Å². The van der Waals surface area contributed by atoms with Gasteiger partial charge in [0.2, 0.25) is 0 Å². The van der Waals surface area contributed by atoms with Crippen molar-refractivity contribution in [1.82, 2.24) is 10.3 Å². The number of pyridine rings is 1. The molecule has 18 heavy (non-hydrogen) atoms. The number of anilines is 1. The molecule has 1 aromatic heterocycles. The highest BCUT2D eigenvalue weighted by molar-refractivity contribution is 5.46. The van der Waals surface area contributed by atoms with Gasteiger partial charge in [-0.1, -0.05) is 13.8 Å². The molecule has 1 N–H and O–H groups in total. The highest BCUT2D eigenvalue weighted by atomic mass is 15.2. The van der Waals surface area contributed by atoms with Crippen molar-refractivity contribution in [3.05, 3.63) is 24.0 Å². The molecule has 0 spiro atoms. The van der Waals surface area contributed by atoms with Crippen LogP contribution in [0.3, 0.4) is 0 Å². The van der Waals surface area contributed by atoms with E-state index in [0.717, 1.165) is 19.6 Å². The lowest BCUT2D eigenvalue weighted by Crippen LogP contribution is -2.48. The van der Waals surface area contributed by atoms with E-state index >= 15 is 0 Å². The third kappa shape index (κ3) is 3.22. The van der Waals surface area contributed by atoms with Crippen molar-refractivity contribution in [2.75, 3.05) is 24.5 Å². The van der Waals surface area contributed by atoms with Crippen molar-refractivity contribution in [1.29, 1.82) is 0 Å². The number of nitrogens with zero attached hydrogens (tertiary/aromatic N) is 2. The first-order valence-electron chi connectivity index (χ1n) is 7.10. The zero-order valence-electron chi connectivity index (χ0n) is 11.8. The molecule has 2 atom stereocenters. The Bertz CT molecular complexity index is 378. The van der Waals surface area contributed by atoms with E-state index in [9.17, 15) is 0 Å². The molecule has 1 aromatic rings. The van der Waals surface area contributed by atoms with Crippen molar-refractivity contribution in [2.24, 2.45) is 5.92 Å². The van der Waals surface area contributed by atoms with Crippen LogP contribution >= 0.6 is 0 Å². The molecule has 0 amide bonds. The zero-order valence-corrected chi connectivity index (χ0v) is 11.8. The third-order valence-corrected chi connectivity index (χ3v) is 3.79. The Morgan fingerprint density at radius 2 is 2.28 bits per heavy atom. The fourth-order valence-electron chi connectivity index (χ4n) is 2.73. The normalized spacial score (nSPS) is 24.3. The maximum atomic E-state index is 4.30. The van der Waals surface area contributed by atoms with E-state index in [1.165, 1.54) is 24.1 Å². The smallest absolute Gasteiger partial charge is 0.0555 e. The predicted molar refractivity (Wildman–Crippen MR) is 77.0 cm³/mol. The maximum Gasteiger partial charge on any atom is 0.0555 e. The number of hydrogen-bond donors (Lipinski definition) is 1. The van der Waals surface area contributed by atoms with Gasteiger partial charge in [-0.3, -0.25) is 4.98 Å². The molecule has 0 radical (unpaired) electrons. The molecule has 0 bridgehead atoms. The van der Waals surface area contributed by atoms with Gasteiger partial charge in [-0.15, -0.1) is 0 Å². The Balaban J connectivity index is 1.95. The summed E-state index contributed by atoms with van der Waals surface area (Å²) in [6.45, 7) is 10.1. The standard InChI is InChI=1S/C15H25N3/c1-4-6-17-15-5-7-18(11-13(15)3)14-8-12(2)9-16-10-14/h8-10,13,15,17H,4-7,11H2,1-3H3. The average molecular weight is 247 g/mol. The molecule has 0 aromatic carbocycles. The zero-order chi connectivity index (χ0) is 13.0. The Labute approximate surface area is 111 Å². The lowest BCUT2D eigenvalue weighted by atomic mass is 9.93. The van der Waals surface area contributed by atoms with Crippen LogP contribution in [0.1, 0.15) is 32.3 Å². The summed E-state index contributed by atoms with van der Waals surface area (Å²) in [5.74, 6) is 0.700. The number of hydrogen-bond acceptors (Lipinski definition) is 3. The highest BCUT2D eigenvalue weighted by Gasteiger charge is 2.25. The topological polar surface area (TPSA) is 28.2 Å². The fourth-order valence-corrected chi connectivity index (χ4v) is 2.73. The van der Waals surface area contributed by atoms with E-state index in [0.29, 0.717) is 12.0 Å². The molecule has 0 saturated carbocycles. The fraction of sp³-hybridized carbons (Fsp3) is 0.667. The maximum absolute atomic E-state index is 4.30. The molecular weight excluding hydrogens is 222 g/mol. The van der Waals surface area contributed by atoms with Gasteiger partial charge in [-0.2, -0.15) is 0 Å². The second-order valence-electron chi connectivity index (χ2n) is 5.49. The number of aryl methyl sites for hydroxylation is 1. The molecule has 1 saturated heterocycles. The quantitative estimate of drug-likeness (QED) is 0.886. The van der Waals surface area contributed by atoms with E-state index in [4.69, 9.17) is 0 Å². The van der Waals surface area contributed by atoms with Gasteiger partial charge < -0.3 is 10.2 Å². The predicted octanol–water partition coefficient (Wildman–Crippen LogP) is 2.60. The van der Waals surface area contributed by atoms with Gasteiger partial charge in [0, 0.05) is 25.3 Å². The second-order valence-corrected chi connectivity index (χ2v) is 5.49. The summed E-state index contributed by atoms with van der Waals surface area (Å²) in [5.41, 5.74) is 2.52. The minimum Gasteiger partial charge on any atom is -0.370 e. The number of nitrogens with one attached hydrogen (secondary N) is 1. The Kier molecular flexibility index (Phi) is 4.59. The van der Waals surface area contributed by atoms with Crippen LogP contribution in [0.15, 0.2) is 18.5 Å². The van der Waals surface area contributed by atoms with E-state index in [-0.39, 0.29) is 0 Å². The number of aromatic nitrogens is 1. The summed E-state index contributed by atoms with van der Waals surface area (Å²) in [6, 6.07) is 2.92. The molecule has 2 rings (SSSR count). The van der Waals surface area contributed by atoms with Crippen molar-refractivity contribution in [3.8, 4) is 0 Å². The van der Waals surface area contributed by atoms with Gasteiger partial charge in [0.15, 0.2) is 0 Å². The summed E-state index contributed by atoms with van der Waals surface area (Å²) in [7, 11) is 0. The van der Waals surface area contributed by atoms with Gasteiger partial charge in [-0.05, 0) is 43.9 Å². The summed E-state index contributed by atoms with van der Waals surface area (Å²) in [4.78, 5) is 6.76. The van der Waals surface area contributed by atoms with E-state index < -0.39 is 0 Å². The van der Waals surface area contributed by atoms with Crippen LogP contribution in [0.2, 0.25) is 0 Å². The first kappa shape index (κ1) is 13.3. The minimum atomic E-state index is 0.680. The first-order valence-corrected chi connectivity index (χ1v) is 7.10. The van der Waals surface area contributed by atoms with Crippen LogP contribution in [0.25, 0.3) is 0 Å². The summed E-state index contributed by atoms with van der Waals surface area (Å²) in [5, 5.41) is 3.66. The minimum absolute atomic E-state index is 0.680. The van der Waals surface area contributed by atoms with Gasteiger partial charge in [0.1, 0.15) is 0 Å². The molecule has 100 valence electrons.